The Morgan fingerprint density at radius 3 is 2.43 bits per heavy atom. The molecule has 2 heterocycles. The molecule has 1 aromatic rings. The molecule has 0 bridgehead atoms. The molecule has 28 heavy (non-hydrogen) atoms. The molecule has 1 aromatic heterocycles. The number of halogens is 4. The summed E-state index contributed by atoms with van der Waals surface area (Å²) in [4.78, 5) is 15.0. The van der Waals surface area contributed by atoms with Crippen LogP contribution in [-0.4, -0.2) is 56.3 Å². The van der Waals surface area contributed by atoms with Gasteiger partial charge in [0.05, 0.1) is 6.54 Å². The highest BCUT2D eigenvalue weighted by atomic mass is 127. The third-order valence-electron chi connectivity index (χ3n) is 3.99. The number of furan rings is 1. The quantitative estimate of drug-likeness (QED) is 0.291. The van der Waals surface area contributed by atoms with E-state index >= 15 is 0 Å². The summed E-state index contributed by atoms with van der Waals surface area (Å²) >= 11 is 0. The molecule has 0 spiro atoms. The SMILES string of the molecule is CN=C(NCc1ccc(C(N)=O)o1)NC1CCN(S(=O)(=O)C(F)(F)F)CC1.I. The lowest BCUT2D eigenvalue weighted by Crippen LogP contribution is -2.51. The summed E-state index contributed by atoms with van der Waals surface area (Å²) in [6, 6.07) is 2.77. The van der Waals surface area contributed by atoms with Crippen molar-refractivity contribution in [2.24, 2.45) is 10.7 Å². The molecule has 160 valence electrons. The van der Waals surface area contributed by atoms with Crippen LogP contribution < -0.4 is 16.4 Å². The lowest BCUT2D eigenvalue weighted by Gasteiger charge is -2.32. The minimum Gasteiger partial charge on any atom is -0.454 e. The summed E-state index contributed by atoms with van der Waals surface area (Å²) < 4.78 is 66.2. The topological polar surface area (TPSA) is 130 Å². The molecule has 0 aromatic carbocycles. The summed E-state index contributed by atoms with van der Waals surface area (Å²) in [5, 5.41) is 5.95. The molecule has 1 aliphatic heterocycles. The molecule has 1 amide bonds. The summed E-state index contributed by atoms with van der Waals surface area (Å²) in [6.07, 6.45) is 0.394. The van der Waals surface area contributed by atoms with E-state index in [1.165, 1.54) is 13.1 Å². The van der Waals surface area contributed by atoms with E-state index in [9.17, 15) is 26.4 Å². The van der Waals surface area contributed by atoms with Gasteiger partial charge in [0.1, 0.15) is 5.76 Å². The first kappa shape index (κ1) is 24.5. The molecule has 4 N–H and O–H groups in total. The van der Waals surface area contributed by atoms with Crippen LogP contribution >= 0.6 is 24.0 Å². The van der Waals surface area contributed by atoms with E-state index in [-0.39, 0.29) is 68.3 Å². The maximum Gasteiger partial charge on any atom is 0.511 e. The second-order valence-electron chi connectivity index (χ2n) is 5.82. The first-order chi connectivity index (χ1) is 12.5. The van der Waals surface area contributed by atoms with Crippen LogP contribution in [0.1, 0.15) is 29.2 Å². The molecular formula is C14H21F3IN5O4S. The van der Waals surface area contributed by atoms with Crippen molar-refractivity contribution in [1.29, 1.82) is 0 Å². The maximum absolute atomic E-state index is 12.6. The van der Waals surface area contributed by atoms with E-state index in [0.29, 0.717) is 16.0 Å². The Kier molecular flexibility index (Phi) is 8.55. The molecular weight excluding hydrogens is 518 g/mol. The Morgan fingerprint density at radius 2 is 1.96 bits per heavy atom. The number of nitrogens with zero attached hydrogens (tertiary/aromatic N) is 2. The number of aliphatic imine (C=N–C) groups is 1. The van der Waals surface area contributed by atoms with Crippen molar-refractivity contribution >= 4 is 45.9 Å². The van der Waals surface area contributed by atoms with Crippen molar-refractivity contribution in [3.8, 4) is 0 Å². The number of nitrogens with one attached hydrogen (secondary N) is 2. The fraction of sp³-hybridized carbons (Fsp3) is 0.571. The van der Waals surface area contributed by atoms with Gasteiger partial charge >= 0.3 is 15.5 Å². The van der Waals surface area contributed by atoms with Gasteiger partial charge in [0.15, 0.2) is 11.7 Å². The van der Waals surface area contributed by atoms with Crippen LogP contribution in [0, 0.1) is 0 Å². The Labute approximate surface area is 177 Å². The van der Waals surface area contributed by atoms with Gasteiger partial charge in [0.2, 0.25) is 0 Å². The number of rotatable bonds is 5. The zero-order valence-electron chi connectivity index (χ0n) is 14.8. The van der Waals surface area contributed by atoms with Crippen molar-refractivity contribution in [3.05, 3.63) is 23.7 Å². The minimum absolute atomic E-state index is 0. The number of carbonyl (C=O) groups excluding carboxylic acids is 1. The summed E-state index contributed by atoms with van der Waals surface area (Å²) in [5.74, 6) is 0.138. The van der Waals surface area contributed by atoms with E-state index in [0.717, 1.165) is 0 Å². The first-order valence-electron chi connectivity index (χ1n) is 7.96. The number of hydrogen-bond donors (Lipinski definition) is 3. The van der Waals surface area contributed by atoms with Gasteiger partial charge in [-0.25, -0.2) is 8.42 Å². The van der Waals surface area contributed by atoms with Gasteiger partial charge in [-0.05, 0) is 25.0 Å². The lowest BCUT2D eigenvalue weighted by atomic mass is 10.1. The lowest BCUT2D eigenvalue weighted by molar-refractivity contribution is -0.0494. The standard InChI is InChI=1S/C14H20F3N5O4S.HI/c1-19-13(20-8-10-2-3-11(26-10)12(18)23)21-9-4-6-22(7-5-9)27(24,25)14(15,16)17;/h2-3,9H,4-8H2,1H3,(H2,18,23)(H2,19,20,21);1H. The minimum atomic E-state index is -5.30. The third-order valence-corrected chi connectivity index (χ3v) is 5.62. The fourth-order valence-electron chi connectivity index (χ4n) is 2.55. The highest BCUT2D eigenvalue weighted by Gasteiger charge is 2.50. The number of amides is 1. The Bertz CT molecular complexity index is 804. The number of alkyl halides is 3. The van der Waals surface area contributed by atoms with Gasteiger partial charge < -0.3 is 20.8 Å². The number of nitrogens with two attached hydrogens (primary N) is 1. The molecule has 0 saturated carbocycles. The van der Waals surface area contributed by atoms with Crippen molar-refractivity contribution in [2.75, 3.05) is 20.1 Å². The first-order valence-corrected chi connectivity index (χ1v) is 9.40. The molecule has 1 aliphatic rings. The van der Waals surface area contributed by atoms with E-state index in [4.69, 9.17) is 10.2 Å². The Hall–Kier alpha value is -1.55. The van der Waals surface area contributed by atoms with Crippen LogP contribution in [-0.2, 0) is 16.6 Å². The van der Waals surface area contributed by atoms with Crippen LogP contribution in [0.2, 0.25) is 0 Å². The van der Waals surface area contributed by atoms with E-state index in [1.807, 2.05) is 0 Å². The number of hydrogen-bond acceptors (Lipinski definition) is 5. The Morgan fingerprint density at radius 1 is 1.36 bits per heavy atom. The van der Waals surface area contributed by atoms with Gasteiger partial charge in [-0.1, -0.05) is 0 Å². The molecule has 1 saturated heterocycles. The van der Waals surface area contributed by atoms with Gasteiger partial charge in [-0.2, -0.15) is 17.5 Å². The number of primary amides is 1. The second-order valence-corrected chi connectivity index (χ2v) is 7.75. The number of carbonyl (C=O) groups is 1. The van der Waals surface area contributed by atoms with Gasteiger partial charge in [-0.15, -0.1) is 24.0 Å². The molecule has 9 nitrogen and oxygen atoms in total. The number of piperidine rings is 1. The van der Waals surface area contributed by atoms with Crippen molar-refractivity contribution in [2.45, 2.75) is 30.9 Å². The highest BCUT2D eigenvalue weighted by Crippen LogP contribution is 2.28. The molecule has 14 heteroatoms. The maximum atomic E-state index is 12.6. The molecule has 2 rings (SSSR count). The largest absolute Gasteiger partial charge is 0.511 e. The average Bonchev–Trinajstić information content (AvgIpc) is 3.07. The van der Waals surface area contributed by atoms with Crippen LogP contribution in [0.25, 0.3) is 0 Å². The van der Waals surface area contributed by atoms with E-state index in [1.54, 1.807) is 6.07 Å². The highest BCUT2D eigenvalue weighted by molar-refractivity contribution is 14.0. The van der Waals surface area contributed by atoms with Crippen LogP contribution in [0.5, 0.6) is 0 Å². The zero-order valence-corrected chi connectivity index (χ0v) is 18.0. The summed E-state index contributed by atoms with van der Waals surface area (Å²) in [7, 11) is -3.79. The molecule has 0 unspecified atom stereocenters. The van der Waals surface area contributed by atoms with Gasteiger partial charge in [-0.3, -0.25) is 9.79 Å². The smallest absolute Gasteiger partial charge is 0.454 e. The van der Waals surface area contributed by atoms with Crippen molar-refractivity contribution < 1.29 is 30.8 Å². The van der Waals surface area contributed by atoms with Crippen molar-refractivity contribution in [3.63, 3.8) is 0 Å². The van der Waals surface area contributed by atoms with E-state index < -0.39 is 21.4 Å². The molecule has 0 radical (unpaired) electrons. The van der Waals surface area contributed by atoms with Crippen LogP contribution in [0.3, 0.4) is 0 Å². The monoisotopic (exact) mass is 539 g/mol. The zero-order chi connectivity index (χ0) is 20.2. The third kappa shape index (κ3) is 5.97. The summed E-state index contributed by atoms with van der Waals surface area (Å²) in [6.45, 7) is -0.276. The average molecular weight is 539 g/mol. The molecule has 0 atom stereocenters. The second kappa shape index (κ2) is 9.78. The fourth-order valence-corrected chi connectivity index (χ4v) is 3.54. The summed E-state index contributed by atoms with van der Waals surface area (Å²) in [5.41, 5.74) is -0.199. The molecule has 0 aliphatic carbocycles. The van der Waals surface area contributed by atoms with Gasteiger partial charge in [0, 0.05) is 26.2 Å². The normalized spacial score (nSPS) is 17.1. The van der Waals surface area contributed by atoms with Crippen LogP contribution in [0.15, 0.2) is 21.5 Å². The van der Waals surface area contributed by atoms with E-state index in [2.05, 4.69) is 15.6 Å². The molecule has 1 fully saturated rings. The number of guanidine groups is 1. The Balaban J connectivity index is 0.00000392. The van der Waals surface area contributed by atoms with Crippen molar-refractivity contribution in [1.82, 2.24) is 14.9 Å². The van der Waals surface area contributed by atoms with Gasteiger partial charge in [0.25, 0.3) is 5.91 Å². The predicted octanol–water partition coefficient (Wildman–Crippen LogP) is 0.976. The van der Waals surface area contributed by atoms with Crippen LogP contribution in [0.4, 0.5) is 13.2 Å². The number of sulfonamides is 1. The predicted molar refractivity (Wildman–Crippen MR) is 106 cm³/mol.